The number of carbonyl (C=O) groups excluding carboxylic acids is 1. The third-order valence-corrected chi connectivity index (χ3v) is 4.51. The average Bonchev–Trinajstić information content (AvgIpc) is 2.87. The number of alkyl halides is 3. The van der Waals surface area contributed by atoms with Crippen LogP contribution in [0.5, 0.6) is 11.8 Å². The van der Waals surface area contributed by atoms with Gasteiger partial charge in [0.15, 0.2) is 6.61 Å². The van der Waals surface area contributed by atoms with Crippen molar-refractivity contribution in [3.63, 3.8) is 0 Å². The summed E-state index contributed by atoms with van der Waals surface area (Å²) in [6.45, 7) is 2.88. The fourth-order valence-corrected chi connectivity index (χ4v) is 2.78. The van der Waals surface area contributed by atoms with E-state index in [9.17, 15) is 18.0 Å². The smallest absolute Gasteiger partial charge is 0.422 e. The van der Waals surface area contributed by atoms with E-state index >= 15 is 0 Å². The molecule has 0 fully saturated rings. The van der Waals surface area contributed by atoms with Gasteiger partial charge < -0.3 is 24.8 Å². The van der Waals surface area contributed by atoms with Crippen molar-refractivity contribution in [1.82, 2.24) is 15.0 Å². The van der Waals surface area contributed by atoms with Crippen molar-refractivity contribution in [2.24, 2.45) is 0 Å². The van der Waals surface area contributed by atoms with Gasteiger partial charge in [-0.1, -0.05) is 18.2 Å². The molecule has 12 heteroatoms. The molecule has 0 radical (unpaired) electrons. The molecule has 9 nitrogen and oxygen atoms in total. The lowest BCUT2D eigenvalue weighted by Gasteiger charge is -2.12. The number of hydrogen-bond acceptors (Lipinski definition) is 9. The zero-order chi connectivity index (χ0) is 26.0. The Kier molecular flexibility index (Phi) is 9.03. The van der Waals surface area contributed by atoms with Gasteiger partial charge in [-0.3, -0.25) is 0 Å². The highest BCUT2D eigenvalue weighted by Gasteiger charge is 2.29. The predicted molar refractivity (Wildman–Crippen MR) is 127 cm³/mol. The number of methoxy groups -OCH3 is 1. The molecular formula is C24H24F3N5O4. The van der Waals surface area contributed by atoms with Crippen molar-refractivity contribution in [3.8, 4) is 11.8 Å². The Morgan fingerprint density at radius 1 is 1.00 bits per heavy atom. The standard InChI is InChI=1S/C24H24F3N5O4/c1-3-4-13-35-19-11-5-16(6-12-19)14-28-21-30-22(32-23(31-21)36-15-24(25,26)27)29-18-9-7-17(8-10-18)20(33)34-2/h3,5-12H,1,4,13-15H2,2H3,(H2,28,29,30,31,32). The van der Waals surface area contributed by atoms with Crippen LogP contribution in [0, 0.1) is 0 Å². The third kappa shape index (κ3) is 8.46. The molecule has 0 spiro atoms. The van der Waals surface area contributed by atoms with E-state index in [-0.39, 0.29) is 18.4 Å². The summed E-state index contributed by atoms with van der Waals surface area (Å²) < 4.78 is 52.9. The van der Waals surface area contributed by atoms with E-state index in [1.54, 1.807) is 30.3 Å². The number of benzene rings is 2. The molecule has 0 aliphatic heterocycles. The zero-order valence-corrected chi connectivity index (χ0v) is 19.3. The average molecular weight is 503 g/mol. The lowest BCUT2D eigenvalue weighted by molar-refractivity contribution is -0.154. The van der Waals surface area contributed by atoms with E-state index < -0.39 is 24.8 Å². The van der Waals surface area contributed by atoms with Gasteiger partial charge in [0.05, 0.1) is 19.3 Å². The highest BCUT2D eigenvalue weighted by molar-refractivity contribution is 5.89. The second kappa shape index (κ2) is 12.4. The van der Waals surface area contributed by atoms with Crippen molar-refractivity contribution in [2.75, 3.05) is 31.0 Å². The first-order valence-corrected chi connectivity index (χ1v) is 10.7. The van der Waals surface area contributed by atoms with E-state index in [2.05, 4.69) is 36.9 Å². The molecule has 0 aliphatic rings. The van der Waals surface area contributed by atoms with Gasteiger partial charge >= 0.3 is 18.2 Å². The van der Waals surface area contributed by atoms with Crippen LogP contribution in [0.4, 0.5) is 30.8 Å². The van der Waals surface area contributed by atoms with Crippen molar-refractivity contribution >= 4 is 23.6 Å². The quantitative estimate of drug-likeness (QED) is 0.202. The Morgan fingerprint density at radius 3 is 2.33 bits per heavy atom. The SMILES string of the molecule is C=CCCOc1ccc(CNc2nc(Nc3ccc(C(=O)OC)cc3)nc(OCC(F)(F)F)n2)cc1. The second-order valence-corrected chi connectivity index (χ2v) is 7.29. The first kappa shape index (κ1) is 26.3. The monoisotopic (exact) mass is 503 g/mol. The summed E-state index contributed by atoms with van der Waals surface area (Å²) in [5.74, 6) is 0.143. The van der Waals surface area contributed by atoms with E-state index in [4.69, 9.17) is 9.47 Å². The summed E-state index contributed by atoms with van der Waals surface area (Å²) in [5.41, 5.74) is 1.66. The molecule has 1 aromatic heterocycles. The Balaban J connectivity index is 1.72. The Morgan fingerprint density at radius 2 is 1.69 bits per heavy atom. The summed E-state index contributed by atoms with van der Waals surface area (Å²) >= 11 is 0. The van der Waals surface area contributed by atoms with Crippen LogP contribution >= 0.6 is 0 Å². The van der Waals surface area contributed by atoms with E-state index in [1.165, 1.54) is 19.2 Å². The lowest BCUT2D eigenvalue weighted by atomic mass is 10.2. The van der Waals surface area contributed by atoms with Crippen LogP contribution in [-0.2, 0) is 11.3 Å². The first-order valence-electron chi connectivity index (χ1n) is 10.7. The number of nitrogens with zero attached hydrogens (tertiary/aromatic N) is 3. The van der Waals surface area contributed by atoms with Crippen LogP contribution in [0.15, 0.2) is 61.2 Å². The summed E-state index contributed by atoms with van der Waals surface area (Å²) in [6.07, 6.45) is -2.07. The topological polar surface area (TPSA) is 107 Å². The number of esters is 1. The number of carbonyl (C=O) groups is 1. The molecule has 2 aromatic carbocycles. The maximum Gasteiger partial charge on any atom is 0.422 e. The van der Waals surface area contributed by atoms with Crippen LogP contribution in [0.2, 0.25) is 0 Å². The summed E-state index contributed by atoms with van der Waals surface area (Å²) in [7, 11) is 1.27. The van der Waals surface area contributed by atoms with Crippen LogP contribution in [0.25, 0.3) is 0 Å². The van der Waals surface area contributed by atoms with Gasteiger partial charge in [-0.25, -0.2) is 4.79 Å². The number of ether oxygens (including phenoxy) is 3. The Labute approximate surface area is 205 Å². The number of halogens is 3. The maximum absolute atomic E-state index is 12.6. The van der Waals surface area contributed by atoms with Crippen molar-refractivity contribution < 1.29 is 32.2 Å². The molecule has 0 bridgehead atoms. The highest BCUT2D eigenvalue weighted by Crippen LogP contribution is 2.21. The second-order valence-electron chi connectivity index (χ2n) is 7.29. The third-order valence-electron chi connectivity index (χ3n) is 4.51. The van der Waals surface area contributed by atoms with Gasteiger partial charge in [-0.15, -0.1) is 6.58 Å². The minimum atomic E-state index is -4.56. The normalized spacial score (nSPS) is 10.9. The molecule has 3 rings (SSSR count). The Hall–Kier alpha value is -4.35. The van der Waals surface area contributed by atoms with E-state index in [1.807, 2.05) is 12.1 Å². The van der Waals surface area contributed by atoms with Gasteiger partial charge in [0.1, 0.15) is 5.75 Å². The number of aromatic nitrogens is 3. The molecule has 2 N–H and O–H groups in total. The van der Waals surface area contributed by atoms with Crippen LogP contribution in [-0.4, -0.2) is 47.4 Å². The van der Waals surface area contributed by atoms with Crippen LogP contribution in [0.3, 0.4) is 0 Å². The van der Waals surface area contributed by atoms with Crippen molar-refractivity contribution in [2.45, 2.75) is 19.1 Å². The highest BCUT2D eigenvalue weighted by atomic mass is 19.4. The molecule has 0 saturated carbocycles. The van der Waals surface area contributed by atoms with Crippen molar-refractivity contribution in [3.05, 3.63) is 72.3 Å². The lowest BCUT2D eigenvalue weighted by Crippen LogP contribution is -2.21. The summed E-state index contributed by atoms with van der Waals surface area (Å²) in [5, 5.41) is 5.81. The van der Waals surface area contributed by atoms with Gasteiger partial charge in [-0.2, -0.15) is 28.1 Å². The number of nitrogens with one attached hydrogen (secondary N) is 2. The van der Waals surface area contributed by atoms with Gasteiger partial charge in [0.25, 0.3) is 0 Å². The fraction of sp³-hybridized carbons (Fsp3) is 0.250. The Bertz CT molecular complexity index is 1160. The minimum absolute atomic E-state index is 0.00200. The zero-order valence-electron chi connectivity index (χ0n) is 19.3. The first-order chi connectivity index (χ1) is 17.3. The largest absolute Gasteiger partial charge is 0.493 e. The molecule has 0 unspecified atom stereocenters. The molecule has 190 valence electrons. The number of anilines is 3. The van der Waals surface area contributed by atoms with E-state index in [0.717, 1.165) is 12.0 Å². The molecule has 0 atom stereocenters. The maximum atomic E-state index is 12.6. The van der Waals surface area contributed by atoms with E-state index in [0.29, 0.717) is 23.6 Å². The van der Waals surface area contributed by atoms with Crippen LogP contribution in [0.1, 0.15) is 22.3 Å². The van der Waals surface area contributed by atoms with Gasteiger partial charge in [0.2, 0.25) is 11.9 Å². The number of hydrogen-bond donors (Lipinski definition) is 2. The number of rotatable bonds is 12. The summed E-state index contributed by atoms with van der Waals surface area (Å²) in [4.78, 5) is 23.6. The summed E-state index contributed by atoms with van der Waals surface area (Å²) in [6, 6.07) is 12.9. The molecule has 3 aromatic rings. The molecular weight excluding hydrogens is 479 g/mol. The molecule has 0 saturated heterocycles. The van der Waals surface area contributed by atoms with Crippen LogP contribution < -0.4 is 20.1 Å². The predicted octanol–water partition coefficient (Wildman–Crippen LogP) is 4.91. The molecule has 0 aliphatic carbocycles. The fourth-order valence-electron chi connectivity index (χ4n) is 2.78. The van der Waals surface area contributed by atoms with Crippen molar-refractivity contribution in [1.29, 1.82) is 0 Å². The van der Waals surface area contributed by atoms with Gasteiger partial charge in [-0.05, 0) is 48.4 Å². The minimum Gasteiger partial charge on any atom is -0.493 e. The molecule has 0 amide bonds. The van der Waals surface area contributed by atoms with Gasteiger partial charge in [0, 0.05) is 12.2 Å². The molecule has 1 heterocycles. The molecule has 36 heavy (non-hydrogen) atoms.